The highest BCUT2D eigenvalue weighted by Crippen LogP contribution is 2.46. The predicted molar refractivity (Wildman–Crippen MR) is 85.0 cm³/mol. The summed E-state index contributed by atoms with van der Waals surface area (Å²) in [4.78, 5) is 23.1. The second-order valence-corrected chi connectivity index (χ2v) is 6.72. The van der Waals surface area contributed by atoms with Gasteiger partial charge in [0.1, 0.15) is 0 Å². The molecular weight excluding hydrogens is 294 g/mol. The van der Waals surface area contributed by atoms with Crippen molar-refractivity contribution in [1.29, 1.82) is 0 Å². The first kappa shape index (κ1) is 16.0. The van der Waals surface area contributed by atoms with Crippen molar-refractivity contribution in [2.75, 3.05) is 6.61 Å². The van der Waals surface area contributed by atoms with E-state index in [9.17, 15) is 9.59 Å². The van der Waals surface area contributed by atoms with Gasteiger partial charge in [-0.05, 0) is 37.7 Å². The average Bonchev–Trinajstić information content (AvgIpc) is 2.51. The summed E-state index contributed by atoms with van der Waals surface area (Å²) in [5.41, 5.74) is 0.841. The topological polar surface area (TPSA) is 75.6 Å². The van der Waals surface area contributed by atoms with Crippen LogP contribution in [0.3, 0.4) is 0 Å². The standard InChI is InChI=1S/C18H23NO4/c20-16(7-6-13-4-2-1-3-5-13)19-15-8-9-23-18(12-15)10-14(11-18)17(21)22/h1-5,14-15H,6-12H2,(H,19,20)(H,21,22). The van der Waals surface area contributed by atoms with Gasteiger partial charge < -0.3 is 15.2 Å². The smallest absolute Gasteiger partial charge is 0.306 e. The number of carboxylic acids is 1. The summed E-state index contributed by atoms with van der Waals surface area (Å²) < 4.78 is 5.81. The van der Waals surface area contributed by atoms with E-state index in [2.05, 4.69) is 5.32 Å². The number of aryl methyl sites for hydroxylation is 1. The minimum absolute atomic E-state index is 0.0602. The SMILES string of the molecule is O=C(CCc1ccccc1)NC1CCOC2(C1)CC(C(=O)O)C2. The number of benzene rings is 1. The lowest BCUT2D eigenvalue weighted by Crippen LogP contribution is -2.56. The molecule has 1 aromatic carbocycles. The van der Waals surface area contributed by atoms with Crippen LogP contribution in [-0.2, 0) is 20.7 Å². The van der Waals surface area contributed by atoms with Gasteiger partial charge in [0, 0.05) is 19.1 Å². The molecule has 1 atom stereocenters. The maximum absolute atomic E-state index is 12.1. The molecular formula is C18H23NO4. The minimum Gasteiger partial charge on any atom is -0.481 e. The molecule has 2 N–H and O–H groups in total. The van der Waals surface area contributed by atoms with E-state index in [1.165, 1.54) is 0 Å². The number of hydrogen-bond donors (Lipinski definition) is 2. The Bertz CT molecular complexity index is 566. The van der Waals surface area contributed by atoms with E-state index < -0.39 is 5.97 Å². The molecule has 0 bridgehead atoms. The van der Waals surface area contributed by atoms with Gasteiger partial charge in [-0.2, -0.15) is 0 Å². The zero-order valence-corrected chi connectivity index (χ0v) is 13.2. The molecule has 1 aromatic rings. The fourth-order valence-corrected chi connectivity index (χ4v) is 3.65. The van der Waals surface area contributed by atoms with Gasteiger partial charge in [-0.1, -0.05) is 30.3 Å². The van der Waals surface area contributed by atoms with E-state index in [-0.39, 0.29) is 23.5 Å². The Labute approximate surface area is 136 Å². The van der Waals surface area contributed by atoms with Crippen LogP contribution in [0.15, 0.2) is 30.3 Å². The van der Waals surface area contributed by atoms with Crippen LogP contribution in [0.5, 0.6) is 0 Å². The molecule has 0 radical (unpaired) electrons. The lowest BCUT2D eigenvalue weighted by molar-refractivity contribution is -0.182. The molecule has 1 aliphatic carbocycles. The number of ether oxygens (including phenoxy) is 1. The number of rotatable bonds is 5. The predicted octanol–water partition coefficient (Wildman–Crippen LogP) is 2.15. The molecule has 0 aromatic heterocycles. The summed E-state index contributed by atoms with van der Waals surface area (Å²) in [5, 5.41) is 12.1. The largest absolute Gasteiger partial charge is 0.481 e. The van der Waals surface area contributed by atoms with Gasteiger partial charge in [0.25, 0.3) is 0 Å². The third-order valence-electron chi connectivity index (χ3n) is 4.93. The van der Waals surface area contributed by atoms with Crippen molar-refractivity contribution in [2.45, 2.75) is 50.2 Å². The molecule has 1 saturated carbocycles. The van der Waals surface area contributed by atoms with Crippen LogP contribution in [-0.4, -0.2) is 35.2 Å². The van der Waals surface area contributed by atoms with Gasteiger partial charge >= 0.3 is 5.97 Å². The third kappa shape index (κ3) is 3.91. The molecule has 3 rings (SSSR count). The number of carbonyl (C=O) groups excluding carboxylic acids is 1. The molecule has 1 saturated heterocycles. The Morgan fingerprint density at radius 3 is 2.65 bits per heavy atom. The van der Waals surface area contributed by atoms with Crippen molar-refractivity contribution < 1.29 is 19.4 Å². The zero-order chi connectivity index (χ0) is 16.3. The van der Waals surface area contributed by atoms with Crippen LogP contribution in [0, 0.1) is 5.92 Å². The van der Waals surface area contributed by atoms with E-state index in [1.807, 2.05) is 30.3 Å². The number of nitrogens with one attached hydrogen (secondary N) is 1. The molecule has 5 heteroatoms. The molecule has 2 fully saturated rings. The second kappa shape index (κ2) is 6.71. The number of hydrogen-bond acceptors (Lipinski definition) is 3. The molecule has 1 amide bonds. The number of aliphatic carboxylic acids is 1. The summed E-state index contributed by atoms with van der Waals surface area (Å²) >= 11 is 0. The summed E-state index contributed by atoms with van der Waals surface area (Å²) in [6.07, 6.45) is 3.89. The van der Waals surface area contributed by atoms with Crippen LogP contribution >= 0.6 is 0 Å². The van der Waals surface area contributed by atoms with Crippen LogP contribution < -0.4 is 5.32 Å². The number of carboxylic acid groups (broad SMARTS) is 1. The Kier molecular flexibility index (Phi) is 4.66. The third-order valence-corrected chi connectivity index (χ3v) is 4.93. The average molecular weight is 317 g/mol. The summed E-state index contributed by atoms with van der Waals surface area (Å²) in [5.74, 6) is -0.971. The van der Waals surface area contributed by atoms with E-state index >= 15 is 0 Å². The van der Waals surface area contributed by atoms with Gasteiger partial charge in [-0.15, -0.1) is 0 Å². The number of carbonyl (C=O) groups is 2. The van der Waals surface area contributed by atoms with Gasteiger partial charge in [0.2, 0.25) is 5.91 Å². The van der Waals surface area contributed by atoms with E-state index in [0.29, 0.717) is 25.9 Å². The van der Waals surface area contributed by atoms with E-state index in [4.69, 9.17) is 9.84 Å². The quantitative estimate of drug-likeness (QED) is 0.872. The lowest BCUT2D eigenvalue weighted by atomic mass is 9.66. The van der Waals surface area contributed by atoms with Gasteiger partial charge in [0.05, 0.1) is 11.5 Å². The highest BCUT2D eigenvalue weighted by Gasteiger charge is 2.51. The van der Waals surface area contributed by atoms with Crippen LogP contribution in [0.25, 0.3) is 0 Å². The first-order valence-corrected chi connectivity index (χ1v) is 8.26. The molecule has 1 spiro atoms. The Morgan fingerprint density at radius 1 is 1.22 bits per heavy atom. The van der Waals surface area contributed by atoms with Crippen molar-refractivity contribution in [3.63, 3.8) is 0 Å². The monoisotopic (exact) mass is 317 g/mol. The van der Waals surface area contributed by atoms with Gasteiger partial charge in [-0.3, -0.25) is 9.59 Å². The first-order valence-electron chi connectivity index (χ1n) is 8.26. The van der Waals surface area contributed by atoms with Gasteiger partial charge in [0.15, 0.2) is 0 Å². The Balaban J connectivity index is 1.45. The maximum atomic E-state index is 12.1. The fourth-order valence-electron chi connectivity index (χ4n) is 3.65. The highest BCUT2D eigenvalue weighted by molar-refractivity contribution is 5.76. The number of amides is 1. The molecule has 2 aliphatic rings. The van der Waals surface area contributed by atoms with Crippen molar-refractivity contribution >= 4 is 11.9 Å². The Morgan fingerprint density at radius 2 is 1.96 bits per heavy atom. The highest BCUT2D eigenvalue weighted by atomic mass is 16.5. The van der Waals surface area contributed by atoms with E-state index in [0.717, 1.165) is 24.8 Å². The molecule has 1 unspecified atom stereocenters. The summed E-state index contributed by atoms with van der Waals surface area (Å²) in [7, 11) is 0. The van der Waals surface area contributed by atoms with Gasteiger partial charge in [-0.25, -0.2) is 0 Å². The van der Waals surface area contributed by atoms with Crippen molar-refractivity contribution in [3.8, 4) is 0 Å². The fraction of sp³-hybridized carbons (Fsp3) is 0.556. The van der Waals surface area contributed by atoms with Crippen LogP contribution in [0.4, 0.5) is 0 Å². The molecule has 1 heterocycles. The molecule has 23 heavy (non-hydrogen) atoms. The Hall–Kier alpha value is -1.88. The molecule has 124 valence electrons. The molecule has 1 aliphatic heterocycles. The second-order valence-electron chi connectivity index (χ2n) is 6.72. The molecule has 5 nitrogen and oxygen atoms in total. The van der Waals surface area contributed by atoms with Crippen LogP contribution in [0.1, 0.15) is 37.7 Å². The normalized spacial score (nSPS) is 29.7. The summed E-state index contributed by atoms with van der Waals surface area (Å²) in [6.45, 7) is 0.593. The maximum Gasteiger partial charge on any atom is 0.306 e. The van der Waals surface area contributed by atoms with Crippen molar-refractivity contribution in [1.82, 2.24) is 5.32 Å². The first-order chi connectivity index (χ1) is 11.1. The lowest BCUT2D eigenvalue weighted by Gasteiger charge is -2.50. The van der Waals surface area contributed by atoms with Crippen molar-refractivity contribution in [2.24, 2.45) is 5.92 Å². The summed E-state index contributed by atoms with van der Waals surface area (Å²) in [6, 6.07) is 10.1. The van der Waals surface area contributed by atoms with E-state index in [1.54, 1.807) is 0 Å². The minimum atomic E-state index is -0.742. The zero-order valence-electron chi connectivity index (χ0n) is 13.2. The van der Waals surface area contributed by atoms with Crippen LogP contribution in [0.2, 0.25) is 0 Å². The van der Waals surface area contributed by atoms with Crippen molar-refractivity contribution in [3.05, 3.63) is 35.9 Å².